The predicted octanol–water partition coefficient (Wildman–Crippen LogP) is 2.19. The molecule has 0 bridgehead atoms. The number of para-hydroxylation sites is 1. The minimum Gasteiger partial charge on any atom is -0.385 e. The zero-order valence-electron chi connectivity index (χ0n) is 12.5. The molecule has 0 aliphatic carbocycles. The third-order valence-electron chi connectivity index (χ3n) is 3.81. The average molecular weight is 275 g/mol. The molecule has 1 unspecified atom stereocenters. The number of rotatable bonds is 5. The van der Waals surface area contributed by atoms with Gasteiger partial charge < -0.3 is 15.5 Å². The summed E-state index contributed by atoms with van der Waals surface area (Å²) in [4.78, 5) is 14.6. The molecule has 110 valence electrons. The Hall–Kier alpha value is -1.55. The second-order valence-corrected chi connectivity index (χ2v) is 5.56. The highest BCUT2D eigenvalue weighted by Gasteiger charge is 2.18. The van der Waals surface area contributed by atoms with E-state index < -0.39 is 0 Å². The highest BCUT2D eigenvalue weighted by atomic mass is 16.1. The molecule has 1 fully saturated rings. The second-order valence-electron chi connectivity index (χ2n) is 5.56. The fourth-order valence-electron chi connectivity index (χ4n) is 2.80. The van der Waals surface area contributed by atoms with Crippen LogP contribution in [-0.2, 0) is 0 Å². The largest absolute Gasteiger partial charge is 0.385 e. The van der Waals surface area contributed by atoms with Gasteiger partial charge in [-0.2, -0.15) is 0 Å². The summed E-state index contributed by atoms with van der Waals surface area (Å²) in [6.45, 7) is 5.87. The lowest BCUT2D eigenvalue weighted by atomic mass is 9.98. The lowest BCUT2D eigenvalue weighted by Crippen LogP contribution is -2.39. The van der Waals surface area contributed by atoms with Crippen molar-refractivity contribution in [3.05, 3.63) is 29.8 Å². The molecule has 20 heavy (non-hydrogen) atoms. The van der Waals surface area contributed by atoms with Crippen molar-refractivity contribution < 1.29 is 4.79 Å². The first-order valence-electron chi connectivity index (χ1n) is 7.50. The van der Waals surface area contributed by atoms with Crippen molar-refractivity contribution in [3.8, 4) is 0 Å². The van der Waals surface area contributed by atoms with Crippen LogP contribution in [0.2, 0.25) is 0 Å². The SMILES string of the molecule is CCNc1ccccc1C(=O)NCC1CCCN(C)C1. The Labute approximate surface area is 121 Å². The van der Waals surface area contributed by atoms with Gasteiger partial charge in [-0.3, -0.25) is 4.79 Å². The van der Waals surface area contributed by atoms with E-state index >= 15 is 0 Å². The van der Waals surface area contributed by atoms with Crippen LogP contribution in [0.15, 0.2) is 24.3 Å². The molecule has 2 rings (SSSR count). The highest BCUT2D eigenvalue weighted by molar-refractivity contribution is 5.99. The van der Waals surface area contributed by atoms with Crippen molar-refractivity contribution in [1.29, 1.82) is 0 Å². The first kappa shape index (κ1) is 14.9. The van der Waals surface area contributed by atoms with E-state index in [-0.39, 0.29) is 5.91 Å². The van der Waals surface area contributed by atoms with Crippen LogP contribution in [0.4, 0.5) is 5.69 Å². The van der Waals surface area contributed by atoms with Crippen molar-refractivity contribution in [2.24, 2.45) is 5.92 Å². The smallest absolute Gasteiger partial charge is 0.253 e. The molecule has 1 aromatic rings. The van der Waals surface area contributed by atoms with E-state index in [1.165, 1.54) is 19.4 Å². The molecule has 1 aliphatic rings. The minimum absolute atomic E-state index is 0.0229. The summed E-state index contributed by atoms with van der Waals surface area (Å²) in [7, 11) is 2.15. The number of hydrogen-bond acceptors (Lipinski definition) is 3. The van der Waals surface area contributed by atoms with E-state index in [9.17, 15) is 4.79 Å². The van der Waals surface area contributed by atoms with Gasteiger partial charge in [-0.15, -0.1) is 0 Å². The normalized spacial score (nSPS) is 19.6. The Morgan fingerprint density at radius 3 is 2.95 bits per heavy atom. The summed E-state index contributed by atoms with van der Waals surface area (Å²) in [6, 6.07) is 7.68. The minimum atomic E-state index is 0.0229. The zero-order valence-corrected chi connectivity index (χ0v) is 12.5. The molecule has 1 amide bonds. The van der Waals surface area contributed by atoms with Gasteiger partial charge in [-0.05, 0) is 51.4 Å². The molecule has 0 radical (unpaired) electrons. The number of hydrogen-bond donors (Lipinski definition) is 2. The van der Waals surface area contributed by atoms with E-state index in [0.29, 0.717) is 5.92 Å². The number of anilines is 1. The van der Waals surface area contributed by atoms with E-state index in [2.05, 4.69) is 22.6 Å². The van der Waals surface area contributed by atoms with Gasteiger partial charge in [0, 0.05) is 25.3 Å². The third-order valence-corrected chi connectivity index (χ3v) is 3.81. The van der Waals surface area contributed by atoms with Crippen molar-refractivity contribution in [3.63, 3.8) is 0 Å². The molecule has 1 atom stereocenters. The summed E-state index contributed by atoms with van der Waals surface area (Å²) < 4.78 is 0. The quantitative estimate of drug-likeness (QED) is 0.866. The summed E-state index contributed by atoms with van der Waals surface area (Å²) in [5.74, 6) is 0.596. The van der Waals surface area contributed by atoms with Gasteiger partial charge in [-0.1, -0.05) is 12.1 Å². The van der Waals surface area contributed by atoms with Crippen LogP contribution in [-0.4, -0.2) is 44.0 Å². The van der Waals surface area contributed by atoms with Gasteiger partial charge in [0.25, 0.3) is 5.91 Å². The molecule has 1 aromatic carbocycles. The van der Waals surface area contributed by atoms with E-state index in [4.69, 9.17) is 0 Å². The van der Waals surface area contributed by atoms with Crippen molar-refractivity contribution >= 4 is 11.6 Å². The molecule has 1 heterocycles. The molecular formula is C16H25N3O. The molecular weight excluding hydrogens is 250 g/mol. The summed E-state index contributed by atoms with van der Waals surface area (Å²) in [5.41, 5.74) is 1.65. The highest BCUT2D eigenvalue weighted by Crippen LogP contribution is 2.16. The van der Waals surface area contributed by atoms with Crippen LogP contribution in [0.5, 0.6) is 0 Å². The fraction of sp³-hybridized carbons (Fsp3) is 0.562. The number of piperidine rings is 1. The van der Waals surface area contributed by atoms with Crippen molar-refractivity contribution in [2.75, 3.05) is 38.5 Å². The maximum Gasteiger partial charge on any atom is 0.253 e. The Bertz CT molecular complexity index is 447. The number of carbonyl (C=O) groups excluding carboxylic acids is 1. The second kappa shape index (κ2) is 7.29. The van der Waals surface area contributed by atoms with Crippen LogP contribution in [0.25, 0.3) is 0 Å². The Kier molecular flexibility index (Phi) is 5.41. The molecule has 1 aliphatic heterocycles. The average Bonchev–Trinajstić information content (AvgIpc) is 2.46. The lowest BCUT2D eigenvalue weighted by molar-refractivity contribution is 0.0937. The lowest BCUT2D eigenvalue weighted by Gasteiger charge is -2.29. The number of carbonyl (C=O) groups is 1. The summed E-state index contributed by atoms with van der Waals surface area (Å²) >= 11 is 0. The fourth-order valence-corrected chi connectivity index (χ4v) is 2.80. The van der Waals surface area contributed by atoms with Gasteiger partial charge in [0.15, 0.2) is 0 Å². The topological polar surface area (TPSA) is 44.4 Å². The maximum atomic E-state index is 12.3. The number of benzene rings is 1. The van der Waals surface area contributed by atoms with Crippen LogP contribution < -0.4 is 10.6 Å². The predicted molar refractivity (Wildman–Crippen MR) is 83.2 cm³/mol. The summed E-state index contributed by atoms with van der Waals surface area (Å²) in [5, 5.41) is 6.32. The molecule has 1 saturated heterocycles. The third kappa shape index (κ3) is 3.97. The van der Waals surface area contributed by atoms with Crippen LogP contribution >= 0.6 is 0 Å². The number of nitrogens with zero attached hydrogens (tertiary/aromatic N) is 1. The van der Waals surface area contributed by atoms with Crippen LogP contribution in [0.1, 0.15) is 30.1 Å². The van der Waals surface area contributed by atoms with Crippen molar-refractivity contribution in [2.45, 2.75) is 19.8 Å². The molecule has 0 saturated carbocycles. The molecule has 2 N–H and O–H groups in total. The standard InChI is InChI=1S/C16H25N3O/c1-3-17-15-9-5-4-8-14(15)16(20)18-11-13-7-6-10-19(2)12-13/h4-5,8-9,13,17H,3,6-7,10-12H2,1-2H3,(H,18,20). The maximum absolute atomic E-state index is 12.3. The van der Waals surface area contributed by atoms with Crippen LogP contribution in [0.3, 0.4) is 0 Å². The first-order valence-corrected chi connectivity index (χ1v) is 7.50. The zero-order chi connectivity index (χ0) is 14.4. The molecule has 4 nitrogen and oxygen atoms in total. The van der Waals surface area contributed by atoms with Crippen LogP contribution in [0, 0.1) is 5.92 Å². The van der Waals surface area contributed by atoms with Gasteiger partial charge >= 0.3 is 0 Å². The number of likely N-dealkylation sites (tertiary alicyclic amines) is 1. The van der Waals surface area contributed by atoms with E-state index in [0.717, 1.165) is 30.9 Å². The van der Waals surface area contributed by atoms with Gasteiger partial charge in [-0.25, -0.2) is 0 Å². The van der Waals surface area contributed by atoms with Gasteiger partial charge in [0.1, 0.15) is 0 Å². The molecule has 0 spiro atoms. The van der Waals surface area contributed by atoms with E-state index in [1.807, 2.05) is 31.2 Å². The molecule has 4 heteroatoms. The number of nitrogens with one attached hydrogen (secondary N) is 2. The first-order chi connectivity index (χ1) is 9.70. The van der Waals surface area contributed by atoms with Crippen molar-refractivity contribution in [1.82, 2.24) is 10.2 Å². The van der Waals surface area contributed by atoms with Gasteiger partial charge in [0.2, 0.25) is 0 Å². The monoisotopic (exact) mass is 275 g/mol. The number of amides is 1. The van der Waals surface area contributed by atoms with E-state index in [1.54, 1.807) is 0 Å². The van der Waals surface area contributed by atoms with Gasteiger partial charge in [0.05, 0.1) is 5.56 Å². The molecule has 0 aromatic heterocycles. The Balaban J connectivity index is 1.91. The Morgan fingerprint density at radius 1 is 1.40 bits per heavy atom. The Morgan fingerprint density at radius 2 is 2.20 bits per heavy atom. The summed E-state index contributed by atoms with van der Waals surface area (Å²) in [6.07, 6.45) is 2.44.